The first-order valence-electron chi connectivity index (χ1n) is 8.60. The average molecular weight is 386 g/mol. The van der Waals surface area contributed by atoms with E-state index in [4.69, 9.17) is 11.6 Å². The number of rotatable bonds is 7. The molecule has 0 radical (unpaired) electrons. The van der Waals surface area contributed by atoms with E-state index in [9.17, 15) is 4.79 Å². The maximum absolute atomic E-state index is 12.4. The van der Waals surface area contributed by atoms with Gasteiger partial charge in [0, 0.05) is 10.6 Å². The van der Waals surface area contributed by atoms with Crippen molar-refractivity contribution in [3.8, 4) is 0 Å². The Morgan fingerprint density at radius 1 is 1.04 bits per heavy atom. The van der Waals surface area contributed by atoms with E-state index in [2.05, 4.69) is 34.2 Å². The van der Waals surface area contributed by atoms with Crippen LogP contribution in [0.1, 0.15) is 35.0 Å². The van der Waals surface area contributed by atoms with Crippen molar-refractivity contribution in [3.05, 3.63) is 93.1 Å². The molecule has 0 spiro atoms. The summed E-state index contributed by atoms with van der Waals surface area (Å²) in [6, 6.07) is 22.1. The van der Waals surface area contributed by atoms with E-state index in [1.54, 1.807) is 11.3 Å². The number of hydrogen-bond donors (Lipinski definition) is 2. The smallest absolute Gasteiger partial charge is 0.275 e. The summed E-state index contributed by atoms with van der Waals surface area (Å²) in [5.41, 5.74) is 2.24. The number of halogens is 1. The third kappa shape index (κ3) is 4.94. The van der Waals surface area contributed by atoms with Crippen LogP contribution in [0.3, 0.4) is 0 Å². The second kappa shape index (κ2) is 8.99. The highest BCUT2D eigenvalue weighted by molar-refractivity contribution is 7.10. The zero-order chi connectivity index (χ0) is 18.4. The number of carbonyl (C=O) groups is 1. The van der Waals surface area contributed by atoms with Crippen LogP contribution in [0.2, 0.25) is 5.02 Å². The van der Waals surface area contributed by atoms with Crippen LogP contribution in [0.5, 0.6) is 0 Å². The lowest BCUT2D eigenvalue weighted by molar-refractivity contribution is -0.676. The summed E-state index contributed by atoms with van der Waals surface area (Å²) in [6.07, 6.45) is 0. The summed E-state index contributed by atoms with van der Waals surface area (Å²) < 4.78 is 0. The minimum absolute atomic E-state index is 0.0185. The molecule has 0 aliphatic rings. The lowest BCUT2D eigenvalue weighted by atomic mass is 10.1. The number of hydrogen-bond acceptors (Lipinski definition) is 2. The SMILES string of the molecule is C[C@H](NC(=O)C[NH2+][C@@H](c1ccccc1)c1cccs1)c1ccc(Cl)cc1. The van der Waals surface area contributed by atoms with Gasteiger partial charge in [-0.3, -0.25) is 4.79 Å². The summed E-state index contributed by atoms with van der Waals surface area (Å²) in [7, 11) is 0. The van der Waals surface area contributed by atoms with E-state index in [1.165, 1.54) is 10.4 Å². The monoisotopic (exact) mass is 385 g/mol. The van der Waals surface area contributed by atoms with Gasteiger partial charge in [0.05, 0.1) is 10.9 Å². The Hall–Kier alpha value is -2.14. The fourth-order valence-electron chi connectivity index (χ4n) is 2.91. The van der Waals surface area contributed by atoms with Crippen molar-refractivity contribution in [3.63, 3.8) is 0 Å². The van der Waals surface area contributed by atoms with E-state index in [1.807, 2.05) is 55.5 Å². The van der Waals surface area contributed by atoms with E-state index < -0.39 is 0 Å². The van der Waals surface area contributed by atoms with Crippen LogP contribution in [0, 0.1) is 0 Å². The molecule has 0 unspecified atom stereocenters. The van der Waals surface area contributed by atoms with Crippen LogP contribution in [0.25, 0.3) is 0 Å². The fourth-order valence-corrected chi connectivity index (χ4v) is 3.88. The lowest BCUT2D eigenvalue weighted by Gasteiger charge is -2.17. The first kappa shape index (κ1) is 18.6. The minimum Gasteiger partial charge on any atom is -0.345 e. The molecule has 1 heterocycles. The number of nitrogens with two attached hydrogens (primary N) is 1. The molecular weight excluding hydrogens is 364 g/mol. The molecule has 3 aromatic rings. The second-order valence-corrected chi connectivity index (χ2v) is 7.60. The molecule has 0 bridgehead atoms. The fraction of sp³-hybridized carbons (Fsp3) is 0.190. The summed E-state index contributed by atoms with van der Waals surface area (Å²) in [4.78, 5) is 13.7. The Bertz CT molecular complexity index is 819. The number of thiophene rings is 1. The third-order valence-corrected chi connectivity index (χ3v) is 5.50. The number of carbonyl (C=O) groups excluding carboxylic acids is 1. The van der Waals surface area contributed by atoms with Crippen molar-refractivity contribution < 1.29 is 10.1 Å². The maximum Gasteiger partial charge on any atom is 0.275 e. The van der Waals surface area contributed by atoms with Gasteiger partial charge in [-0.15, -0.1) is 11.3 Å². The van der Waals surface area contributed by atoms with E-state index >= 15 is 0 Å². The molecule has 2 atom stereocenters. The molecule has 2 aromatic carbocycles. The lowest BCUT2D eigenvalue weighted by Crippen LogP contribution is -2.87. The van der Waals surface area contributed by atoms with Gasteiger partial charge in [0.15, 0.2) is 6.54 Å². The van der Waals surface area contributed by atoms with Gasteiger partial charge < -0.3 is 10.6 Å². The average Bonchev–Trinajstić information content (AvgIpc) is 3.17. The van der Waals surface area contributed by atoms with E-state index in [-0.39, 0.29) is 18.0 Å². The topological polar surface area (TPSA) is 45.7 Å². The highest BCUT2D eigenvalue weighted by Crippen LogP contribution is 2.22. The Balaban J connectivity index is 1.62. The molecule has 1 amide bonds. The highest BCUT2D eigenvalue weighted by atomic mass is 35.5. The van der Waals surface area contributed by atoms with Crippen molar-refractivity contribution in [1.29, 1.82) is 0 Å². The van der Waals surface area contributed by atoms with Crippen LogP contribution in [-0.4, -0.2) is 12.5 Å². The van der Waals surface area contributed by atoms with Crippen molar-refractivity contribution in [2.45, 2.75) is 19.0 Å². The third-order valence-electron chi connectivity index (χ3n) is 4.29. The standard InChI is InChI=1S/C21H21ClN2OS/c1-15(16-9-11-18(22)12-10-16)24-20(25)14-23-21(19-8-5-13-26-19)17-6-3-2-4-7-17/h2-13,15,21,23H,14H2,1H3,(H,24,25)/p+1/t15-,21-/m0/s1. The van der Waals surface area contributed by atoms with Crippen LogP contribution >= 0.6 is 22.9 Å². The molecule has 0 saturated heterocycles. The molecule has 3 nitrogen and oxygen atoms in total. The number of amides is 1. The van der Waals surface area contributed by atoms with E-state index in [0.717, 1.165) is 5.56 Å². The van der Waals surface area contributed by atoms with Gasteiger partial charge in [0.2, 0.25) is 0 Å². The van der Waals surface area contributed by atoms with Crippen LogP contribution in [-0.2, 0) is 4.79 Å². The minimum atomic E-state index is -0.0509. The zero-order valence-corrected chi connectivity index (χ0v) is 16.1. The predicted molar refractivity (Wildman–Crippen MR) is 107 cm³/mol. The molecule has 0 aliphatic carbocycles. The van der Waals surface area contributed by atoms with Crippen molar-refractivity contribution in [2.75, 3.05) is 6.54 Å². The molecule has 134 valence electrons. The van der Waals surface area contributed by atoms with Crippen molar-refractivity contribution in [1.82, 2.24) is 5.32 Å². The maximum atomic E-state index is 12.4. The van der Waals surface area contributed by atoms with Gasteiger partial charge in [-0.2, -0.15) is 0 Å². The molecule has 3 rings (SSSR count). The van der Waals surface area contributed by atoms with E-state index in [0.29, 0.717) is 11.6 Å². The molecular formula is C21H22ClN2OS+. The Morgan fingerprint density at radius 3 is 2.42 bits per heavy atom. The quantitative estimate of drug-likeness (QED) is 0.636. The normalized spacial score (nSPS) is 13.2. The summed E-state index contributed by atoms with van der Waals surface area (Å²) >= 11 is 7.64. The van der Waals surface area contributed by atoms with Gasteiger partial charge in [0.25, 0.3) is 5.91 Å². The largest absolute Gasteiger partial charge is 0.345 e. The molecule has 0 saturated carbocycles. The molecule has 0 fully saturated rings. The van der Waals surface area contributed by atoms with Gasteiger partial charge >= 0.3 is 0 Å². The number of benzene rings is 2. The second-order valence-electron chi connectivity index (χ2n) is 6.18. The van der Waals surface area contributed by atoms with Gasteiger partial charge in [-0.1, -0.05) is 60.1 Å². The number of quaternary nitrogens is 1. The van der Waals surface area contributed by atoms with Crippen molar-refractivity contribution >= 4 is 28.8 Å². The van der Waals surface area contributed by atoms with Crippen LogP contribution in [0.4, 0.5) is 0 Å². The molecule has 1 aromatic heterocycles. The molecule has 26 heavy (non-hydrogen) atoms. The van der Waals surface area contributed by atoms with Crippen molar-refractivity contribution in [2.24, 2.45) is 0 Å². The zero-order valence-electron chi connectivity index (χ0n) is 14.6. The summed E-state index contributed by atoms with van der Waals surface area (Å²) in [6.45, 7) is 2.35. The molecule has 5 heteroatoms. The Labute approximate surface area is 163 Å². The van der Waals surface area contributed by atoms with Gasteiger partial charge in [-0.05, 0) is 36.1 Å². The Kier molecular flexibility index (Phi) is 6.45. The number of nitrogens with one attached hydrogen (secondary N) is 1. The Morgan fingerprint density at radius 2 is 1.77 bits per heavy atom. The highest BCUT2D eigenvalue weighted by Gasteiger charge is 2.20. The summed E-state index contributed by atoms with van der Waals surface area (Å²) in [5.74, 6) is 0.0185. The van der Waals surface area contributed by atoms with Crippen LogP contribution < -0.4 is 10.6 Å². The van der Waals surface area contributed by atoms with Gasteiger partial charge in [0.1, 0.15) is 6.04 Å². The molecule has 0 aliphatic heterocycles. The molecule has 3 N–H and O–H groups in total. The predicted octanol–water partition coefficient (Wildman–Crippen LogP) is 3.93. The first-order valence-corrected chi connectivity index (χ1v) is 9.86. The van der Waals surface area contributed by atoms with Crippen LogP contribution in [0.15, 0.2) is 72.1 Å². The van der Waals surface area contributed by atoms with Gasteiger partial charge in [-0.25, -0.2) is 0 Å². The summed E-state index contributed by atoms with van der Waals surface area (Å²) in [5, 5.41) is 7.91. The first-order chi connectivity index (χ1) is 12.6.